The normalized spacial score (nSPS) is 24.1. The van der Waals surface area contributed by atoms with E-state index in [0.29, 0.717) is 6.61 Å². The fraction of sp³-hybridized carbons (Fsp3) is 0.429. The summed E-state index contributed by atoms with van der Waals surface area (Å²) >= 11 is 0. The van der Waals surface area contributed by atoms with E-state index in [4.69, 9.17) is 19.7 Å². The monoisotopic (exact) mass is 280 g/mol. The maximum absolute atomic E-state index is 10.9. The Morgan fingerprint density at radius 3 is 2.10 bits per heavy atom. The van der Waals surface area contributed by atoms with Gasteiger partial charge < -0.3 is 19.7 Å². The average molecular weight is 280 g/mol. The molecule has 6 heteroatoms. The summed E-state index contributed by atoms with van der Waals surface area (Å²) in [6, 6.07) is 7.29. The van der Waals surface area contributed by atoms with Gasteiger partial charge in [-0.3, -0.25) is 9.59 Å². The smallest absolute Gasteiger partial charge is 0.307 e. The number of carbonyl (C=O) groups is 2. The summed E-state index contributed by atoms with van der Waals surface area (Å²) in [7, 11) is 1.58. The molecule has 1 aliphatic carbocycles. The lowest BCUT2D eigenvalue weighted by Crippen LogP contribution is -2.05. The van der Waals surface area contributed by atoms with Crippen LogP contribution in [0.2, 0.25) is 0 Å². The molecule has 0 saturated heterocycles. The number of hydrogen-bond donors (Lipinski definition) is 2. The van der Waals surface area contributed by atoms with Gasteiger partial charge in [0.1, 0.15) is 5.75 Å². The molecule has 6 nitrogen and oxygen atoms in total. The second-order valence-electron chi connectivity index (χ2n) is 4.76. The van der Waals surface area contributed by atoms with Gasteiger partial charge in [-0.2, -0.15) is 0 Å². The number of methoxy groups -OCH3 is 1. The lowest BCUT2D eigenvalue weighted by atomic mass is 10.2. The van der Waals surface area contributed by atoms with Crippen LogP contribution in [0.25, 0.3) is 0 Å². The van der Waals surface area contributed by atoms with Crippen LogP contribution in [0.4, 0.5) is 0 Å². The van der Waals surface area contributed by atoms with Crippen LogP contribution in [0.1, 0.15) is 5.56 Å². The minimum atomic E-state index is -1.07. The van der Waals surface area contributed by atoms with Gasteiger partial charge in [-0.15, -0.1) is 0 Å². The number of hydrogen-bond acceptors (Lipinski definition) is 4. The molecule has 1 aromatic rings. The van der Waals surface area contributed by atoms with Gasteiger partial charge in [0.15, 0.2) is 0 Å². The van der Waals surface area contributed by atoms with E-state index in [0.717, 1.165) is 11.3 Å². The number of carboxylic acids is 2. The minimum Gasteiger partial charge on any atom is -0.497 e. The van der Waals surface area contributed by atoms with Crippen molar-refractivity contribution in [1.82, 2.24) is 0 Å². The predicted molar refractivity (Wildman–Crippen MR) is 68.4 cm³/mol. The molecule has 1 saturated carbocycles. The third kappa shape index (κ3) is 3.08. The highest BCUT2D eigenvalue weighted by Gasteiger charge is 2.59. The van der Waals surface area contributed by atoms with Gasteiger partial charge in [0.05, 0.1) is 32.2 Å². The maximum atomic E-state index is 10.9. The molecular weight excluding hydrogens is 264 g/mol. The fourth-order valence-corrected chi connectivity index (χ4v) is 2.29. The van der Waals surface area contributed by atoms with E-state index >= 15 is 0 Å². The molecule has 0 aliphatic heterocycles. The van der Waals surface area contributed by atoms with Crippen LogP contribution in [0, 0.1) is 17.8 Å². The first kappa shape index (κ1) is 14.3. The first-order valence-corrected chi connectivity index (χ1v) is 6.21. The largest absolute Gasteiger partial charge is 0.497 e. The first-order valence-electron chi connectivity index (χ1n) is 6.21. The molecule has 0 aromatic heterocycles. The van der Waals surface area contributed by atoms with Crippen LogP contribution >= 0.6 is 0 Å². The Morgan fingerprint density at radius 1 is 1.10 bits per heavy atom. The Bertz CT molecular complexity index is 475. The van der Waals surface area contributed by atoms with Crippen molar-refractivity contribution in [3.05, 3.63) is 29.8 Å². The van der Waals surface area contributed by atoms with Gasteiger partial charge in [-0.05, 0) is 17.7 Å². The second-order valence-corrected chi connectivity index (χ2v) is 4.76. The third-order valence-electron chi connectivity index (χ3n) is 3.48. The maximum Gasteiger partial charge on any atom is 0.307 e. The van der Waals surface area contributed by atoms with Gasteiger partial charge in [-0.1, -0.05) is 12.1 Å². The lowest BCUT2D eigenvalue weighted by molar-refractivity contribution is -0.144. The van der Waals surface area contributed by atoms with Crippen LogP contribution in [-0.2, 0) is 20.9 Å². The van der Waals surface area contributed by atoms with E-state index in [1.54, 1.807) is 19.2 Å². The van der Waals surface area contributed by atoms with Crippen molar-refractivity contribution in [3.63, 3.8) is 0 Å². The summed E-state index contributed by atoms with van der Waals surface area (Å²) in [4.78, 5) is 21.7. The Balaban J connectivity index is 1.81. The summed E-state index contributed by atoms with van der Waals surface area (Å²) in [6.07, 6.45) is 0. The summed E-state index contributed by atoms with van der Waals surface area (Å²) in [5.74, 6) is -3.51. The van der Waals surface area contributed by atoms with E-state index in [1.807, 2.05) is 12.1 Å². The number of ether oxygens (including phenoxy) is 2. The van der Waals surface area contributed by atoms with E-state index in [2.05, 4.69) is 0 Å². The molecule has 2 rings (SSSR count). The van der Waals surface area contributed by atoms with Crippen molar-refractivity contribution in [2.24, 2.45) is 17.8 Å². The standard InChI is InChI=1S/C14H16O6/c1-19-9-4-2-8(3-5-9)6-20-7-10-11(13(15)16)12(10)14(17)18/h2-5,10-12H,6-7H2,1H3,(H,15,16)(H,17,18)/t10?,11-,12+. The molecule has 3 atom stereocenters. The Morgan fingerprint density at radius 2 is 1.65 bits per heavy atom. The fourth-order valence-electron chi connectivity index (χ4n) is 2.29. The Kier molecular flexibility index (Phi) is 4.24. The van der Waals surface area contributed by atoms with E-state index < -0.39 is 29.7 Å². The van der Waals surface area contributed by atoms with Crippen LogP contribution in [0.15, 0.2) is 24.3 Å². The molecule has 2 N–H and O–H groups in total. The summed E-state index contributed by atoms with van der Waals surface area (Å²) in [6.45, 7) is 0.457. The number of aliphatic carboxylic acids is 2. The molecular formula is C14H16O6. The lowest BCUT2D eigenvalue weighted by Gasteiger charge is -2.05. The Labute approximate surface area is 115 Å². The van der Waals surface area contributed by atoms with E-state index in [1.165, 1.54) is 0 Å². The number of rotatable bonds is 7. The van der Waals surface area contributed by atoms with Gasteiger partial charge in [0, 0.05) is 5.92 Å². The molecule has 108 valence electrons. The summed E-state index contributed by atoms with van der Waals surface area (Å²) in [5.41, 5.74) is 0.921. The van der Waals surface area contributed by atoms with Crippen LogP contribution in [-0.4, -0.2) is 35.9 Å². The van der Waals surface area contributed by atoms with Gasteiger partial charge in [-0.25, -0.2) is 0 Å². The van der Waals surface area contributed by atoms with Crippen molar-refractivity contribution < 1.29 is 29.3 Å². The van der Waals surface area contributed by atoms with E-state index in [-0.39, 0.29) is 6.61 Å². The van der Waals surface area contributed by atoms with Crippen molar-refractivity contribution in [1.29, 1.82) is 0 Å². The average Bonchev–Trinajstić information content (AvgIpc) is 3.14. The number of carboxylic acid groups (broad SMARTS) is 2. The second kappa shape index (κ2) is 5.92. The zero-order valence-electron chi connectivity index (χ0n) is 11.0. The zero-order chi connectivity index (χ0) is 14.7. The van der Waals surface area contributed by atoms with E-state index in [9.17, 15) is 9.59 Å². The highest BCUT2D eigenvalue weighted by molar-refractivity contribution is 5.86. The van der Waals surface area contributed by atoms with Crippen molar-refractivity contribution >= 4 is 11.9 Å². The molecule has 0 bridgehead atoms. The van der Waals surface area contributed by atoms with Gasteiger partial charge in [0.25, 0.3) is 0 Å². The molecule has 1 aromatic carbocycles. The molecule has 0 radical (unpaired) electrons. The zero-order valence-corrected chi connectivity index (χ0v) is 11.0. The molecule has 1 aliphatic rings. The van der Waals surface area contributed by atoms with Gasteiger partial charge in [0.2, 0.25) is 0 Å². The van der Waals surface area contributed by atoms with Crippen LogP contribution in [0.3, 0.4) is 0 Å². The molecule has 0 heterocycles. The van der Waals surface area contributed by atoms with Crippen molar-refractivity contribution in [3.8, 4) is 5.75 Å². The van der Waals surface area contributed by atoms with Crippen molar-refractivity contribution in [2.75, 3.05) is 13.7 Å². The topological polar surface area (TPSA) is 93.1 Å². The quantitative estimate of drug-likeness (QED) is 0.780. The SMILES string of the molecule is COc1ccc(COCC2[C@@H](C(=O)O)[C@H]2C(=O)O)cc1. The Hall–Kier alpha value is -2.08. The van der Waals surface area contributed by atoms with Crippen LogP contribution < -0.4 is 4.74 Å². The van der Waals surface area contributed by atoms with Crippen molar-refractivity contribution in [2.45, 2.75) is 6.61 Å². The predicted octanol–water partition coefficient (Wildman–Crippen LogP) is 1.24. The molecule has 0 spiro atoms. The summed E-state index contributed by atoms with van der Waals surface area (Å²) < 4.78 is 10.4. The molecule has 1 unspecified atom stereocenters. The summed E-state index contributed by atoms with van der Waals surface area (Å²) in [5, 5.41) is 17.8. The highest BCUT2D eigenvalue weighted by Crippen LogP contribution is 2.46. The molecule has 0 amide bonds. The molecule has 1 fully saturated rings. The van der Waals surface area contributed by atoms with Crippen LogP contribution in [0.5, 0.6) is 5.75 Å². The minimum absolute atomic E-state index is 0.139. The van der Waals surface area contributed by atoms with Gasteiger partial charge >= 0.3 is 11.9 Å². The third-order valence-corrected chi connectivity index (χ3v) is 3.48. The molecule has 20 heavy (non-hydrogen) atoms. The number of benzene rings is 1. The highest BCUT2D eigenvalue weighted by atomic mass is 16.5. The first-order chi connectivity index (χ1) is 9.54.